The van der Waals surface area contributed by atoms with Crippen molar-refractivity contribution in [3.8, 4) is 0 Å². The van der Waals surface area contributed by atoms with Crippen molar-refractivity contribution in [2.24, 2.45) is 35.5 Å². The first-order valence-corrected chi connectivity index (χ1v) is 6.53. The van der Waals surface area contributed by atoms with Crippen LogP contribution < -0.4 is 0 Å². The van der Waals surface area contributed by atoms with E-state index in [0.717, 1.165) is 23.7 Å². The average Bonchev–Trinajstić information content (AvgIpc) is 2.81. The number of hydrogen-bond acceptors (Lipinski definition) is 2. The molecule has 0 spiro atoms. The monoisotopic (exact) mass is 210 g/mol. The Morgan fingerprint density at radius 2 is 1.67 bits per heavy atom. The minimum absolute atomic E-state index is 0.383. The van der Waals surface area contributed by atoms with E-state index < -0.39 is 0 Å². The average molecular weight is 210 g/mol. The lowest BCUT2D eigenvalue weighted by atomic mass is 9.72. The van der Waals surface area contributed by atoms with Crippen LogP contribution in [0.4, 0.5) is 0 Å². The maximum absolute atomic E-state index is 9.41. The van der Waals surface area contributed by atoms with Gasteiger partial charge in [-0.15, -0.1) is 0 Å². The molecule has 0 saturated heterocycles. The lowest BCUT2D eigenvalue weighted by Gasteiger charge is -2.33. The first-order chi connectivity index (χ1) is 7.31. The third kappa shape index (κ3) is 1.53. The van der Waals surface area contributed by atoms with Crippen molar-refractivity contribution in [2.75, 3.05) is 13.2 Å². The minimum atomic E-state index is 0.383. The van der Waals surface area contributed by atoms with E-state index in [9.17, 15) is 10.2 Å². The van der Waals surface area contributed by atoms with Crippen molar-refractivity contribution >= 4 is 0 Å². The van der Waals surface area contributed by atoms with E-state index in [4.69, 9.17) is 0 Å². The molecule has 2 N–H and O–H groups in total. The molecule has 86 valence electrons. The molecule has 3 aliphatic rings. The van der Waals surface area contributed by atoms with Gasteiger partial charge in [0.1, 0.15) is 0 Å². The van der Waals surface area contributed by atoms with Gasteiger partial charge < -0.3 is 10.2 Å². The zero-order chi connectivity index (χ0) is 10.4. The Kier molecular flexibility index (Phi) is 2.52. The Morgan fingerprint density at radius 1 is 0.800 bits per heavy atom. The summed E-state index contributed by atoms with van der Waals surface area (Å²) in [5.74, 6) is 4.54. The summed E-state index contributed by atoms with van der Waals surface area (Å²) < 4.78 is 0. The second-order valence-electron chi connectivity index (χ2n) is 6.12. The zero-order valence-corrected chi connectivity index (χ0v) is 9.31. The van der Waals surface area contributed by atoms with Crippen LogP contribution in [0.2, 0.25) is 0 Å². The highest BCUT2D eigenvalue weighted by molar-refractivity contribution is 4.99. The van der Waals surface area contributed by atoms with Crippen molar-refractivity contribution < 1.29 is 10.2 Å². The molecule has 3 aliphatic carbocycles. The molecule has 0 aliphatic heterocycles. The lowest BCUT2D eigenvalue weighted by Crippen LogP contribution is -2.26. The van der Waals surface area contributed by atoms with Gasteiger partial charge >= 0.3 is 0 Å². The number of hydrogen-bond donors (Lipinski definition) is 2. The molecule has 0 aromatic rings. The number of aliphatic hydroxyl groups excluding tert-OH is 2. The summed E-state index contributed by atoms with van der Waals surface area (Å²) in [5.41, 5.74) is 0. The van der Waals surface area contributed by atoms with Gasteiger partial charge in [0.15, 0.2) is 0 Å². The van der Waals surface area contributed by atoms with Gasteiger partial charge in [-0.3, -0.25) is 0 Å². The second-order valence-corrected chi connectivity index (χ2v) is 6.12. The molecule has 0 amide bonds. The second kappa shape index (κ2) is 3.74. The Morgan fingerprint density at radius 3 is 2.40 bits per heavy atom. The van der Waals surface area contributed by atoms with Crippen LogP contribution in [-0.2, 0) is 0 Å². The summed E-state index contributed by atoms with van der Waals surface area (Å²) in [6, 6.07) is 0. The first-order valence-electron chi connectivity index (χ1n) is 6.53. The van der Waals surface area contributed by atoms with Crippen molar-refractivity contribution in [1.29, 1.82) is 0 Å². The van der Waals surface area contributed by atoms with Gasteiger partial charge in [-0.2, -0.15) is 0 Å². The van der Waals surface area contributed by atoms with Gasteiger partial charge in [-0.05, 0) is 67.6 Å². The fourth-order valence-corrected chi connectivity index (χ4v) is 4.85. The summed E-state index contributed by atoms with van der Waals surface area (Å²) in [5, 5.41) is 18.7. The normalized spacial score (nSPS) is 53.2. The summed E-state index contributed by atoms with van der Waals surface area (Å²) in [7, 11) is 0. The van der Waals surface area contributed by atoms with Crippen LogP contribution in [0.1, 0.15) is 32.1 Å². The van der Waals surface area contributed by atoms with Crippen LogP contribution >= 0.6 is 0 Å². The molecule has 3 saturated carbocycles. The SMILES string of the molecule is OCC1CC2CC3CC(CO)[C@H](C3)C2C1. The zero-order valence-electron chi connectivity index (χ0n) is 9.31. The third-order valence-electron chi connectivity index (χ3n) is 5.37. The summed E-state index contributed by atoms with van der Waals surface area (Å²) in [6.07, 6.45) is 6.51. The Hall–Kier alpha value is -0.0800. The Bertz CT molecular complexity index is 241. The van der Waals surface area contributed by atoms with E-state index in [2.05, 4.69) is 0 Å². The van der Waals surface area contributed by atoms with Crippen LogP contribution in [0, 0.1) is 35.5 Å². The molecule has 5 unspecified atom stereocenters. The highest BCUT2D eigenvalue weighted by Gasteiger charge is 2.50. The van der Waals surface area contributed by atoms with E-state index in [-0.39, 0.29) is 0 Å². The maximum Gasteiger partial charge on any atom is 0.0462 e. The first kappa shape index (κ1) is 10.1. The highest BCUT2D eigenvalue weighted by Crippen LogP contribution is 2.57. The van der Waals surface area contributed by atoms with Crippen LogP contribution in [0.3, 0.4) is 0 Å². The van der Waals surface area contributed by atoms with Crippen molar-refractivity contribution in [3.05, 3.63) is 0 Å². The molecule has 0 radical (unpaired) electrons. The fraction of sp³-hybridized carbons (Fsp3) is 1.00. The molecule has 2 heteroatoms. The molecule has 15 heavy (non-hydrogen) atoms. The predicted molar refractivity (Wildman–Crippen MR) is 58.2 cm³/mol. The predicted octanol–water partition coefficient (Wildman–Crippen LogP) is 1.66. The summed E-state index contributed by atoms with van der Waals surface area (Å²) in [4.78, 5) is 0. The quantitative estimate of drug-likeness (QED) is 0.727. The van der Waals surface area contributed by atoms with Gasteiger partial charge in [-0.1, -0.05) is 0 Å². The molecule has 6 atom stereocenters. The van der Waals surface area contributed by atoms with E-state index in [1.807, 2.05) is 0 Å². The molecule has 3 fully saturated rings. The van der Waals surface area contributed by atoms with Gasteiger partial charge in [0, 0.05) is 13.2 Å². The maximum atomic E-state index is 9.41. The van der Waals surface area contributed by atoms with E-state index >= 15 is 0 Å². The van der Waals surface area contributed by atoms with Gasteiger partial charge in [-0.25, -0.2) is 0 Å². The molecular formula is C13H22O2. The molecule has 0 aromatic carbocycles. The number of aliphatic hydroxyl groups is 2. The van der Waals surface area contributed by atoms with E-state index in [1.54, 1.807) is 0 Å². The van der Waals surface area contributed by atoms with E-state index in [1.165, 1.54) is 32.1 Å². The molecular weight excluding hydrogens is 188 g/mol. The smallest absolute Gasteiger partial charge is 0.0462 e. The topological polar surface area (TPSA) is 40.5 Å². The molecule has 2 bridgehead atoms. The van der Waals surface area contributed by atoms with Crippen LogP contribution in [0.15, 0.2) is 0 Å². The largest absolute Gasteiger partial charge is 0.396 e. The standard InChI is InChI=1S/C13H22O2/c14-6-9-3-10-1-8-2-11(7-15)13(4-8)12(10)5-9/h8-15H,1-7H2/t8?,9?,10?,11?,12?,13-/m0/s1. The summed E-state index contributed by atoms with van der Waals surface area (Å²) in [6.45, 7) is 0.780. The Labute approximate surface area is 91.7 Å². The van der Waals surface area contributed by atoms with Crippen molar-refractivity contribution in [3.63, 3.8) is 0 Å². The van der Waals surface area contributed by atoms with Crippen LogP contribution in [0.5, 0.6) is 0 Å². The molecule has 0 aromatic heterocycles. The number of rotatable bonds is 2. The Balaban J connectivity index is 1.76. The van der Waals surface area contributed by atoms with Crippen molar-refractivity contribution in [2.45, 2.75) is 32.1 Å². The molecule has 2 nitrogen and oxygen atoms in total. The molecule has 0 heterocycles. The van der Waals surface area contributed by atoms with Gasteiger partial charge in [0.2, 0.25) is 0 Å². The number of fused-ring (bicyclic) bond motifs is 4. The highest BCUT2D eigenvalue weighted by atomic mass is 16.3. The summed E-state index contributed by atoms with van der Waals surface area (Å²) >= 11 is 0. The fourth-order valence-electron chi connectivity index (χ4n) is 4.85. The van der Waals surface area contributed by atoms with E-state index in [0.29, 0.717) is 25.0 Å². The third-order valence-corrected chi connectivity index (χ3v) is 5.37. The van der Waals surface area contributed by atoms with Gasteiger partial charge in [0.25, 0.3) is 0 Å². The van der Waals surface area contributed by atoms with Crippen molar-refractivity contribution in [1.82, 2.24) is 0 Å². The minimum Gasteiger partial charge on any atom is -0.396 e. The molecule has 3 rings (SSSR count). The van der Waals surface area contributed by atoms with Gasteiger partial charge in [0.05, 0.1) is 0 Å². The van der Waals surface area contributed by atoms with Crippen LogP contribution in [0.25, 0.3) is 0 Å². The van der Waals surface area contributed by atoms with Crippen LogP contribution in [-0.4, -0.2) is 23.4 Å². The lowest BCUT2D eigenvalue weighted by molar-refractivity contribution is 0.126.